The smallest absolute Gasteiger partial charge is 0.331 e. The van der Waals surface area contributed by atoms with Gasteiger partial charge in [-0.2, -0.15) is 13.2 Å². The molecule has 102 valence electrons. The standard InChI is InChI=1S/C11H7Cl2F3N2S/c12-5-3-7-8(4-6(5)13)18(9(19)17-7)10(1-2-10)11(14,15)16/h3-4H,1-2H2,(H,17,19). The Morgan fingerprint density at radius 1 is 1.21 bits per heavy atom. The van der Waals surface area contributed by atoms with Crippen LogP contribution in [0, 0.1) is 4.77 Å². The third-order valence-electron chi connectivity index (χ3n) is 3.40. The molecule has 1 heterocycles. The van der Waals surface area contributed by atoms with Crippen LogP contribution >= 0.6 is 35.4 Å². The Morgan fingerprint density at radius 3 is 2.32 bits per heavy atom. The number of nitrogens with zero attached hydrogens (tertiary/aromatic N) is 1. The Bertz CT molecular complexity index is 728. The normalized spacial score (nSPS) is 17.9. The van der Waals surface area contributed by atoms with E-state index in [1.165, 1.54) is 12.1 Å². The Morgan fingerprint density at radius 2 is 1.79 bits per heavy atom. The number of hydrogen-bond acceptors (Lipinski definition) is 1. The van der Waals surface area contributed by atoms with E-state index in [9.17, 15) is 13.2 Å². The number of fused-ring (bicyclic) bond motifs is 1. The van der Waals surface area contributed by atoms with E-state index in [1.54, 1.807) is 0 Å². The van der Waals surface area contributed by atoms with Crippen molar-refractivity contribution in [2.75, 3.05) is 0 Å². The zero-order valence-electron chi connectivity index (χ0n) is 9.31. The molecule has 2 aromatic rings. The second kappa shape index (κ2) is 3.90. The second-order valence-electron chi connectivity index (χ2n) is 4.58. The number of nitrogens with one attached hydrogen (secondary N) is 1. The monoisotopic (exact) mass is 326 g/mol. The van der Waals surface area contributed by atoms with Crippen LogP contribution in [-0.4, -0.2) is 15.7 Å². The summed E-state index contributed by atoms with van der Waals surface area (Å²) in [6.07, 6.45) is -4.29. The highest BCUT2D eigenvalue weighted by Gasteiger charge is 2.65. The molecule has 0 unspecified atom stereocenters. The first-order valence-corrected chi connectivity index (χ1v) is 6.60. The zero-order valence-corrected chi connectivity index (χ0v) is 11.6. The number of halogens is 5. The third-order valence-corrected chi connectivity index (χ3v) is 4.41. The minimum Gasteiger partial charge on any atom is -0.331 e. The summed E-state index contributed by atoms with van der Waals surface area (Å²) in [6, 6.07) is 2.90. The van der Waals surface area contributed by atoms with Crippen molar-refractivity contribution in [1.82, 2.24) is 9.55 Å². The first kappa shape index (κ1) is 13.3. The summed E-state index contributed by atoms with van der Waals surface area (Å²) in [6.45, 7) is 0. The van der Waals surface area contributed by atoms with Crippen LogP contribution in [0.5, 0.6) is 0 Å². The molecule has 0 radical (unpaired) electrons. The number of rotatable bonds is 1. The van der Waals surface area contributed by atoms with Gasteiger partial charge in [0.1, 0.15) is 5.54 Å². The fraction of sp³-hybridized carbons (Fsp3) is 0.364. The minimum atomic E-state index is -4.34. The lowest BCUT2D eigenvalue weighted by molar-refractivity contribution is -0.179. The van der Waals surface area contributed by atoms with Crippen molar-refractivity contribution in [3.8, 4) is 0 Å². The molecular formula is C11H7Cl2F3N2S. The number of aromatic nitrogens is 2. The predicted molar refractivity (Wildman–Crippen MR) is 70.4 cm³/mol. The Labute approximate surface area is 121 Å². The molecule has 1 fully saturated rings. The average molecular weight is 327 g/mol. The van der Waals surface area contributed by atoms with Gasteiger partial charge in [-0.15, -0.1) is 0 Å². The number of benzene rings is 1. The summed E-state index contributed by atoms with van der Waals surface area (Å²) in [5.41, 5.74) is -1.12. The molecule has 1 aromatic heterocycles. The summed E-state index contributed by atoms with van der Waals surface area (Å²) in [4.78, 5) is 2.75. The number of hydrogen-bond donors (Lipinski definition) is 1. The lowest BCUT2D eigenvalue weighted by Gasteiger charge is -2.21. The van der Waals surface area contributed by atoms with Crippen LogP contribution in [0.1, 0.15) is 12.8 Å². The summed E-state index contributed by atoms with van der Waals surface area (Å²) in [5, 5.41) is 0.476. The summed E-state index contributed by atoms with van der Waals surface area (Å²) < 4.78 is 40.8. The maximum Gasteiger partial charge on any atom is 0.412 e. The van der Waals surface area contributed by atoms with Crippen LogP contribution in [0.3, 0.4) is 0 Å². The molecule has 1 aliphatic carbocycles. The fourth-order valence-corrected chi connectivity index (χ4v) is 2.98. The molecular weight excluding hydrogens is 320 g/mol. The van der Waals surface area contributed by atoms with Gasteiger partial charge in [-0.3, -0.25) is 0 Å². The lowest BCUT2D eigenvalue weighted by atomic mass is 10.2. The van der Waals surface area contributed by atoms with E-state index >= 15 is 0 Å². The molecule has 0 aliphatic heterocycles. The van der Waals surface area contributed by atoms with Gasteiger partial charge in [0.2, 0.25) is 0 Å². The van der Waals surface area contributed by atoms with Crippen molar-refractivity contribution in [2.24, 2.45) is 0 Å². The van der Waals surface area contributed by atoms with E-state index in [4.69, 9.17) is 35.4 Å². The zero-order chi connectivity index (χ0) is 14.0. The van der Waals surface area contributed by atoms with E-state index < -0.39 is 11.7 Å². The molecule has 3 rings (SSSR count). The predicted octanol–water partition coefficient (Wildman–Crippen LogP) is 5.06. The van der Waals surface area contributed by atoms with Crippen molar-refractivity contribution in [1.29, 1.82) is 0 Å². The number of H-pyrrole nitrogens is 1. The van der Waals surface area contributed by atoms with E-state index in [-0.39, 0.29) is 27.7 Å². The van der Waals surface area contributed by atoms with Gasteiger partial charge >= 0.3 is 6.18 Å². The SMILES string of the molecule is FC(F)(F)C1(n2c(=S)[nH]c3cc(Cl)c(Cl)cc32)CC1. The Hall–Kier alpha value is -0.720. The van der Waals surface area contributed by atoms with Crippen molar-refractivity contribution >= 4 is 46.5 Å². The van der Waals surface area contributed by atoms with Crippen molar-refractivity contribution in [2.45, 2.75) is 24.6 Å². The van der Waals surface area contributed by atoms with Crippen LogP contribution in [0.4, 0.5) is 13.2 Å². The maximum atomic E-state index is 13.2. The van der Waals surface area contributed by atoms with Gasteiger partial charge in [0.05, 0.1) is 21.1 Å². The average Bonchev–Trinajstić information content (AvgIpc) is 3.01. The first-order chi connectivity index (χ1) is 8.76. The molecule has 0 bridgehead atoms. The van der Waals surface area contributed by atoms with E-state index in [2.05, 4.69) is 4.98 Å². The largest absolute Gasteiger partial charge is 0.412 e. The number of aromatic amines is 1. The van der Waals surface area contributed by atoms with Crippen molar-refractivity contribution in [3.05, 3.63) is 26.9 Å². The molecule has 19 heavy (non-hydrogen) atoms. The summed E-state index contributed by atoms with van der Waals surface area (Å²) >= 11 is 16.7. The highest BCUT2D eigenvalue weighted by Crippen LogP contribution is 2.56. The van der Waals surface area contributed by atoms with Crippen LogP contribution < -0.4 is 0 Å². The molecule has 1 N–H and O–H groups in total. The van der Waals surface area contributed by atoms with Crippen molar-refractivity contribution in [3.63, 3.8) is 0 Å². The number of alkyl halides is 3. The van der Waals surface area contributed by atoms with Crippen LogP contribution in [-0.2, 0) is 5.54 Å². The van der Waals surface area contributed by atoms with E-state index in [0.29, 0.717) is 11.0 Å². The van der Waals surface area contributed by atoms with Gasteiger partial charge in [0.15, 0.2) is 4.77 Å². The van der Waals surface area contributed by atoms with Gasteiger partial charge < -0.3 is 9.55 Å². The topological polar surface area (TPSA) is 20.7 Å². The van der Waals surface area contributed by atoms with E-state index in [1.807, 2.05) is 0 Å². The quantitative estimate of drug-likeness (QED) is 0.726. The summed E-state index contributed by atoms with van der Waals surface area (Å²) in [5.74, 6) is 0. The molecule has 1 saturated carbocycles. The Kier molecular flexibility index (Phi) is 2.72. The van der Waals surface area contributed by atoms with Crippen LogP contribution in [0.15, 0.2) is 12.1 Å². The van der Waals surface area contributed by atoms with Crippen LogP contribution in [0.25, 0.3) is 11.0 Å². The van der Waals surface area contributed by atoms with Gasteiger partial charge in [-0.05, 0) is 37.2 Å². The van der Waals surface area contributed by atoms with E-state index in [0.717, 1.165) is 4.57 Å². The molecule has 0 saturated heterocycles. The van der Waals surface area contributed by atoms with Gasteiger partial charge in [-0.25, -0.2) is 0 Å². The minimum absolute atomic E-state index is 0.0258. The fourth-order valence-electron chi connectivity index (χ4n) is 2.28. The van der Waals surface area contributed by atoms with Gasteiger partial charge in [0, 0.05) is 0 Å². The lowest BCUT2D eigenvalue weighted by Crippen LogP contribution is -2.34. The molecule has 8 heteroatoms. The van der Waals surface area contributed by atoms with Gasteiger partial charge in [0.25, 0.3) is 0 Å². The molecule has 1 aromatic carbocycles. The van der Waals surface area contributed by atoms with Crippen molar-refractivity contribution < 1.29 is 13.2 Å². The first-order valence-electron chi connectivity index (χ1n) is 5.43. The molecule has 0 amide bonds. The summed E-state index contributed by atoms with van der Waals surface area (Å²) in [7, 11) is 0. The second-order valence-corrected chi connectivity index (χ2v) is 5.78. The molecule has 1 aliphatic rings. The Balaban J connectivity index is 2.34. The maximum absolute atomic E-state index is 13.2. The highest BCUT2D eigenvalue weighted by molar-refractivity contribution is 7.71. The molecule has 0 spiro atoms. The van der Waals surface area contributed by atoms with Crippen LogP contribution in [0.2, 0.25) is 10.0 Å². The third kappa shape index (κ3) is 1.80. The van der Waals surface area contributed by atoms with Gasteiger partial charge in [-0.1, -0.05) is 23.2 Å². The molecule has 0 atom stereocenters. The highest BCUT2D eigenvalue weighted by atomic mass is 35.5. The molecule has 2 nitrogen and oxygen atoms in total. The number of imidazole rings is 1.